The molecule has 2 aromatic carbocycles. The minimum Gasteiger partial charge on any atom is -0.283 e. The second-order valence-corrected chi connectivity index (χ2v) is 12.6. The number of thiazole rings is 1. The lowest BCUT2D eigenvalue weighted by molar-refractivity contribution is -0.123. The van der Waals surface area contributed by atoms with Crippen molar-refractivity contribution < 1.29 is 13.2 Å². The molecule has 2 aromatic heterocycles. The number of aromatic nitrogens is 1. The van der Waals surface area contributed by atoms with E-state index in [2.05, 4.69) is 6.07 Å². The Morgan fingerprint density at radius 1 is 1.15 bits per heavy atom. The third kappa shape index (κ3) is 4.65. The number of anilines is 1. The van der Waals surface area contributed by atoms with Gasteiger partial charge in [0.25, 0.3) is 10.0 Å². The van der Waals surface area contributed by atoms with Crippen LogP contribution >= 0.6 is 22.7 Å². The molecule has 0 saturated carbocycles. The summed E-state index contributed by atoms with van der Waals surface area (Å²) in [7, 11) is -3.59. The fourth-order valence-corrected chi connectivity index (χ4v) is 8.00. The predicted molar refractivity (Wildman–Crippen MR) is 138 cm³/mol. The number of piperidine rings is 1. The van der Waals surface area contributed by atoms with Crippen LogP contribution in [0.1, 0.15) is 24.0 Å². The molecule has 176 valence electrons. The fraction of sp³-hybridized carbons (Fsp3) is 0.280. The van der Waals surface area contributed by atoms with Gasteiger partial charge in [-0.3, -0.25) is 9.69 Å². The number of nitrogens with zero attached hydrogens (tertiary/aromatic N) is 3. The van der Waals surface area contributed by atoms with E-state index in [0.717, 1.165) is 21.3 Å². The molecule has 0 spiro atoms. The Kier molecular flexibility index (Phi) is 6.52. The molecule has 5 rings (SSSR count). The van der Waals surface area contributed by atoms with E-state index >= 15 is 0 Å². The van der Waals surface area contributed by atoms with Crippen molar-refractivity contribution >= 4 is 54.0 Å². The van der Waals surface area contributed by atoms with Gasteiger partial charge in [-0.25, -0.2) is 13.4 Å². The summed E-state index contributed by atoms with van der Waals surface area (Å²) in [6.45, 7) is 3.06. The van der Waals surface area contributed by atoms with E-state index in [-0.39, 0.29) is 12.5 Å². The van der Waals surface area contributed by atoms with Crippen molar-refractivity contribution in [2.45, 2.75) is 30.5 Å². The fourth-order valence-electron chi connectivity index (χ4n) is 4.26. The number of fused-ring (bicyclic) bond motifs is 1. The maximum atomic E-state index is 13.9. The molecule has 1 unspecified atom stereocenters. The molecule has 0 aliphatic carbocycles. The summed E-state index contributed by atoms with van der Waals surface area (Å²) in [6, 6.07) is 19.3. The van der Waals surface area contributed by atoms with Gasteiger partial charge in [0, 0.05) is 13.1 Å². The molecule has 4 aromatic rings. The summed E-state index contributed by atoms with van der Waals surface area (Å²) in [6.07, 6.45) is 1.31. The Bertz CT molecular complexity index is 1400. The Morgan fingerprint density at radius 3 is 2.74 bits per heavy atom. The lowest BCUT2D eigenvalue weighted by atomic mass is 9.98. The number of rotatable bonds is 6. The number of carbonyl (C=O) groups is 1. The molecule has 6 nitrogen and oxygen atoms in total. The second-order valence-electron chi connectivity index (χ2n) is 8.51. The normalized spacial score (nSPS) is 17.1. The highest BCUT2D eigenvalue weighted by Crippen LogP contribution is 2.33. The van der Waals surface area contributed by atoms with Gasteiger partial charge in [-0.1, -0.05) is 53.8 Å². The molecule has 9 heteroatoms. The van der Waals surface area contributed by atoms with Gasteiger partial charge < -0.3 is 0 Å². The standard InChI is InChI=1S/C25H25N3O3S3/c1-18-11-12-21-22(15-18)33-25(26-21)28(16-19-7-3-2-4-8-19)24(29)20-9-5-13-27(17-20)34(30,31)23-10-6-14-32-23/h2-4,6-8,10-12,14-15,20H,5,9,13,16-17H2,1H3. The summed E-state index contributed by atoms with van der Waals surface area (Å²) >= 11 is 2.71. The molecular formula is C25H25N3O3S3. The molecule has 0 radical (unpaired) electrons. The summed E-state index contributed by atoms with van der Waals surface area (Å²) in [5.74, 6) is -0.494. The number of hydrogen-bond donors (Lipinski definition) is 0. The summed E-state index contributed by atoms with van der Waals surface area (Å²) in [4.78, 5) is 20.4. The van der Waals surface area contributed by atoms with E-state index in [1.807, 2.05) is 49.4 Å². The minimum absolute atomic E-state index is 0.0780. The van der Waals surface area contributed by atoms with Crippen LogP contribution in [0.4, 0.5) is 5.13 Å². The maximum Gasteiger partial charge on any atom is 0.252 e. The van der Waals surface area contributed by atoms with E-state index in [9.17, 15) is 13.2 Å². The molecule has 0 bridgehead atoms. The zero-order chi connectivity index (χ0) is 23.7. The number of aryl methyl sites for hydroxylation is 1. The lowest BCUT2D eigenvalue weighted by Crippen LogP contribution is -2.46. The second kappa shape index (κ2) is 9.58. The first kappa shape index (κ1) is 23.2. The first-order chi connectivity index (χ1) is 16.4. The third-order valence-electron chi connectivity index (χ3n) is 6.04. The van der Waals surface area contributed by atoms with E-state index in [1.54, 1.807) is 22.4 Å². The van der Waals surface area contributed by atoms with Crippen LogP contribution in [0.25, 0.3) is 10.2 Å². The van der Waals surface area contributed by atoms with Crippen LogP contribution in [-0.4, -0.2) is 36.7 Å². The van der Waals surface area contributed by atoms with Crippen LogP contribution in [0, 0.1) is 12.8 Å². The monoisotopic (exact) mass is 511 g/mol. The number of sulfonamides is 1. The zero-order valence-corrected chi connectivity index (χ0v) is 21.2. The van der Waals surface area contributed by atoms with Crippen LogP contribution in [0.2, 0.25) is 0 Å². The van der Waals surface area contributed by atoms with Crippen molar-refractivity contribution in [3.05, 3.63) is 77.2 Å². The third-order valence-corrected chi connectivity index (χ3v) is 10.3. The lowest BCUT2D eigenvalue weighted by Gasteiger charge is -2.33. The van der Waals surface area contributed by atoms with Crippen molar-refractivity contribution in [3.63, 3.8) is 0 Å². The Hall–Kier alpha value is -2.59. The quantitative estimate of drug-likeness (QED) is 0.352. The van der Waals surface area contributed by atoms with Gasteiger partial charge in [0.2, 0.25) is 5.91 Å². The molecule has 1 aliphatic rings. The zero-order valence-electron chi connectivity index (χ0n) is 18.8. The Labute approximate surface area is 207 Å². The topological polar surface area (TPSA) is 70.6 Å². The molecule has 1 atom stereocenters. The number of thiophene rings is 1. The van der Waals surface area contributed by atoms with Crippen molar-refractivity contribution in [1.29, 1.82) is 0 Å². The van der Waals surface area contributed by atoms with Gasteiger partial charge >= 0.3 is 0 Å². The van der Waals surface area contributed by atoms with Gasteiger partial charge in [-0.05, 0) is 54.5 Å². The highest BCUT2D eigenvalue weighted by molar-refractivity contribution is 7.91. The predicted octanol–water partition coefficient (Wildman–Crippen LogP) is 5.30. The Balaban J connectivity index is 1.46. The first-order valence-electron chi connectivity index (χ1n) is 11.2. The van der Waals surface area contributed by atoms with Crippen molar-refractivity contribution in [1.82, 2.24) is 9.29 Å². The molecular weight excluding hydrogens is 486 g/mol. The maximum absolute atomic E-state index is 13.9. The summed E-state index contributed by atoms with van der Waals surface area (Å²) in [5, 5.41) is 2.41. The number of hydrogen-bond acceptors (Lipinski definition) is 6. The van der Waals surface area contributed by atoms with Gasteiger partial charge in [0.15, 0.2) is 5.13 Å². The molecule has 1 fully saturated rings. The van der Waals surface area contributed by atoms with Crippen molar-refractivity contribution in [2.75, 3.05) is 18.0 Å². The van der Waals surface area contributed by atoms with Gasteiger partial charge in [0.05, 0.1) is 22.7 Å². The SMILES string of the molecule is Cc1ccc2nc(N(Cc3ccccc3)C(=O)C3CCCN(S(=O)(=O)c4cccs4)C3)sc2c1. The van der Waals surface area contributed by atoms with Crippen LogP contribution in [0.5, 0.6) is 0 Å². The van der Waals surface area contributed by atoms with E-state index < -0.39 is 15.9 Å². The van der Waals surface area contributed by atoms with Crippen LogP contribution in [-0.2, 0) is 21.4 Å². The van der Waals surface area contributed by atoms with Gasteiger partial charge in [0.1, 0.15) is 4.21 Å². The van der Waals surface area contributed by atoms with Crippen molar-refractivity contribution in [2.24, 2.45) is 5.92 Å². The molecule has 0 N–H and O–H groups in total. The Morgan fingerprint density at radius 2 is 1.97 bits per heavy atom. The summed E-state index contributed by atoms with van der Waals surface area (Å²) < 4.78 is 29.0. The van der Waals surface area contributed by atoms with E-state index in [0.29, 0.717) is 35.3 Å². The number of amides is 1. The smallest absolute Gasteiger partial charge is 0.252 e. The molecule has 1 amide bonds. The van der Waals surface area contributed by atoms with Crippen molar-refractivity contribution in [3.8, 4) is 0 Å². The van der Waals surface area contributed by atoms with Crippen LogP contribution in [0.15, 0.2) is 70.3 Å². The van der Waals surface area contributed by atoms with Gasteiger partial charge in [-0.15, -0.1) is 11.3 Å². The largest absolute Gasteiger partial charge is 0.283 e. The molecule has 3 heterocycles. The van der Waals surface area contributed by atoms with Crippen LogP contribution < -0.4 is 4.90 Å². The number of benzene rings is 2. The minimum atomic E-state index is -3.59. The average molecular weight is 512 g/mol. The molecule has 1 aliphatic heterocycles. The molecule has 1 saturated heterocycles. The van der Waals surface area contributed by atoms with E-state index in [4.69, 9.17) is 4.98 Å². The van der Waals surface area contributed by atoms with E-state index in [1.165, 1.54) is 27.0 Å². The first-order valence-corrected chi connectivity index (χ1v) is 14.3. The van der Waals surface area contributed by atoms with Crippen LogP contribution in [0.3, 0.4) is 0 Å². The molecule has 34 heavy (non-hydrogen) atoms. The summed E-state index contributed by atoms with van der Waals surface area (Å²) in [5.41, 5.74) is 3.01. The number of carbonyl (C=O) groups excluding carboxylic acids is 1. The van der Waals surface area contributed by atoms with Gasteiger partial charge in [-0.2, -0.15) is 4.31 Å². The highest BCUT2D eigenvalue weighted by atomic mass is 32.2. The highest BCUT2D eigenvalue weighted by Gasteiger charge is 2.36. The average Bonchev–Trinajstić information content (AvgIpc) is 3.53.